The minimum absolute atomic E-state index is 0.0955. The number of thiophene rings is 1. The summed E-state index contributed by atoms with van der Waals surface area (Å²) < 4.78 is 12.7. The monoisotopic (exact) mass is 325 g/mol. The summed E-state index contributed by atoms with van der Waals surface area (Å²) in [5, 5.41) is 16.5. The summed E-state index contributed by atoms with van der Waals surface area (Å²) in [5.41, 5.74) is 0.884. The molecule has 21 heavy (non-hydrogen) atoms. The van der Waals surface area contributed by atoms with Gasteiger partial charge in [-0.1, -0.05) is 0 Å². The van der Waals surface area contributed by atoms with Crippen molar-refractivity contribution in [3.8, 4) is 0 Å². The lowest BCUT2D eigenvalue weighted by Crippen LogP contribution is -2.27. The molecule has 0 saturated carbocycles. The molecule has 1 aromatic carbocycles. The van der Waals surface area contributed by atoms with E-state index in [1.54, 1.807) is 12.1 Å². The van der Waals surface area contributed by atoms with Crippen LogP contribution < -0.4 is 5.32 Å². The topological polar surface area (TPSA) is 49.3 Å². The molecule has 112 valence electrons. The number of aliphatic hydroxyl groups excluding tert-OH is 1. The minimum atomic E-state index is -0.540. The average molecular weight is 325 g/mol. The summed E-state index contributed by atoms with van der Waals surface area (Å²) in [7, 11) is 0. The predicted molar refractivity (Wildman–Crippen MR) is 84.0 cm³/mol. The maximum atomic E-state index is 12.7. The van der Waals surface area contributed by atoms with E-state index in [0.29, 0.717) is 13.0 Å². The lowest BCUT2D eigenvalue weighted by Gasteiger charge is -2.09. The molecule has 0 aliphatic carbocycles. The molecule has 0 aliphatic heterocycles. The highest BCUT2D eigenvalue weighted by molar-refractivity contribution is 8.00. The number of amides is 1. The van der Waals surface area contributed by atoms with Crippen molar-refractivity contribution < 1.29 is 14.3 Å². The van der Waals surface area contributed by atoms with Crippen LogP contribution in [0.5, 0.6) is 0 Å². The van der Waals surface area contributed by atoms with Crippen LogP contribution in [0.15, 0.2) is 46.0 Å². The molecule has 1 unspecified atom stereocenters. The molecule has 6 heteroatoms. The van der Waals surface area contributed by atoms with Crippen molar-refractivity contribution in [3.05, 3.63) is 52.5 Å². The Hall–Kier alpha value is -1.37. The van der Waals surface area contributed by atoms with Crippen LogP contribution in [0.1, 0.15) is 18.1 Å². The quantitative estimate of drug-likeness (QED) is 0.769. The number of hydrogen-bond donors (Lipinski definition) is 2. The fourth-order valence-corrected chi connectivity index (χ4v) is 3.15. The number of nitrogens with one attached hydrogen (secondary N) is 1. The first-order chi connectivity index (χ1) is 10.1. The molecule has 0 bridgehead atoms. The lowest BCUT2D eigenvalue weighted by molar-refractivity contribution is -0.118. The molecule has 3 nitrogen and oxygen atoms in total. The summed E-state index contributed by atoms with van der Waals surface area (Å²) >= 11 is 2.89. The summed E-state index contributed by atoms with van der Waals surface area (Å²) in [4.78, 5) is 12.5. The van der Waals surface area contributed by atoms with E-state index in [1.807, 2.05) is 16.8 Å². The van der Waals surface area contributed by atoms with Gasteiger partial charge in [0.2, 0.25) is 5.91 Å². The molecule has 0 radical (unpaired) electrons. The Kier molecular flexibility index (Phi) is 6.22. The van der Waals surface area contributed by atoms with Crippen molar-refractivity contribution in [3.63, 3.8) is 0 Å². The molecular weight excluding hydrogens is 309 g/mol. The van der Waals surface area contributed by atoms with Gasteiger partial charge in [-0.2, -0.15) is 11.3 Å². The van der Waals surface area contributed by atoms with Crippen LogP contribution in [0.2, 0.25) is 0 Å². The summed E-state index contributed by atoms with van der Waals surface area (Å²) in [6, 6.07) is 7.91. The Morgan fingerprint density at radius 2 is 2.10 bits per heavy atom. The molecule has 0 fully saturated rings. The first-order valence-electron chi connectivity index (χ1n) is 6.50. The van der Waals surface area contributed by atoms with Gasteiger partial charge in [0.1, 0.15) is 5.82 Å². The predicted octanol–water partition coefficient (Wildman–Crippen LogP) is 3.22. The molecule has 1 atom stereocenters. The first-order valence-corrected chi connectivity index (χ1v) is 8.43. The second-order valence-electron chi connectivity index (χ2n) is 4.45. The summed E-state index contributed by atoms with van der Waals surface area (Å²) in [6.45, 7) is 0.430. The lowest BCUT2D eigenvalue weighted by atomic mass is 10.1. The maximum Gasteiger partial charge on any atom is 0.230 e. The number of carbonyl (C=O) groups excluding carboxylic acids is 1. The molecule has 2 rings (SSSR count). The van der Waals surface area contributed by atoms with Gasteiger partial charge >= 0.3 is 0 Å². The van der Waals surface area contributed by atoms with E-state index in [9.17, 15) is 14.3 Å². The summed E-state index contributed by atoms with van der Waals surface area (Å²) in [6.07, 6.45) is -0.0507. The molecule has 1 aromatic heterocycles. The van der Waals surface area contributed by atoms with Crippen LogP contribution >= 0.6 is 23.1 Å². The highest BCUT2D eigenvalue weighted by Gasteiger charge is 2.08. The second kappa shape index (κ2) is 8.17. The standard InChI is InChI=1S/C15H16FNO2S2/c16-12-1-3-13(4-2-12)21-10-15(19)17-7-5-14(18)11-6-8-20-9-11/h1-4,6,8-9,14,18H,5,7,10H2,(H,17,19). The number of rotatable bonds is 7. The third-order valence-electron chi connectivity index (χ3n) is 2.85. The number of thioether (sulfide) groups is 1. The van der Waals surface area contributed by atoms with Gasteiger partial charge in [0.25, 0.3) is 0 Å². The van der Waals surface area contributed by atoms with Gasteiger partial charge in [0, 0.05) is 11.4 Å². The highest BCUT2D eigenvalue weighted by atomic mass is 32.2. The number of benzene rings is 1. The Labute approximate surface area is 131 Å². The van der Waals surface area contributed by atoms with E-state index in [2.05, 4.69) is 5.32 Å². The van der Waals surface area contributed by atoms with Gasteiger partial charge in [0.05, 0.1) is 11.9 Å². The number of carbonyl (C=O) groups is 1. The van der Waals surface area contributed by atoms with Crippen LogP contribution in [-0.2, 0) is 4.79 Å². The molecule has 0 spiro atoms. The van der Waals surface area contributed by atoms with Crippen molar-refractivity contribution in [1.29, 1.82) is 0 Å². The van der Waals surface area contributed by atoms with Gasteiger partial charge in [-0.05, 0) is 53.1 Å². The van der Waals surface area contributed by atoms with Crippen molar-refractivity contribution in [1.82, 2.24) is 5.32 Å². The van der Waals surface area contributed by atoms with Crippen molar-refractivity contribution >= 4 is 29.0 Å². The van der Waals surface area contributed by atoms with Crippen molar-refractivity contribution in [2.75, 3.05) is 12.3 Å². The fraction of sp³-hybridized carbons (Fsp3) is 0.267. The van der Waals surface area contributed by atoms with Crippen LogP contribution in [0, 0.1) is 5.82 Å². The van der Waals surface area contributed by atoms with E-state index in [1.165, 1.54) is 35.2 Å². The largest absolute Gasteiger partial charge is 0.388 e. The van der Waals surface area contributed by atoms with E-state index in [-0.39, 0.29) is 17.5 Å². The van der Waals surface area contributed by atoms with Crippen LogP contribution in [0.25, 0.3) is 0 Å². The van der Waals surface area contributed by atoms with Crippen molar-refractivity contribution in [2.45, 2.75) is 17.4 Å². The molecule has 1 amide bonds. The van der Waals surface area contributed by atoms with Gasteiger partial charge in [-0.25, -0.2) is 4.39 Å². The first kappa shape index (κ1) is 16.0. The molecule has 0 saturated heterocycles. The smallest absolute Gasteiger partial charge is 0.230 e. The second-order valence-corrected chi connectivity index (χ2v) is 6.28. The molecule has 1 heterocycles. The van der Waals surface area contributed by atoms with Gasteiger partial charge in [-0.15, -0.1) is 11.8 Å². The molecule has 0 aliphatic rings. The zero-order valence-corrected chi connectivity index (χ0v) is 12.9. The van der Waals surface area contributed by atoms with Crippen LogP contribution in [0.4, 0.5) is 4.39 Å². The SMILES string of the molecule is O=C(CSc1ccc(F)cc1)NCCC(O)c1ccsc1. The summed E-state index contributed by atoms with van der Waals surface area (Å²) in [5.74, 6) is -0.103. The van der Waals surface area contributed by atoms with E-state index in [0.717, 1.165) is 10.5 Å². The maximum absolute atomic E-state index is 12.7. The van der Waals surface area contributed by atoms with Crippen LogP contribution in [0.3, 0.4) is 0 Å². The highest BCUT2D eigenvalue weighted by Crippen LogP contribution is 2.19. The average Bonchev–Trinajstić information content (AvgIpc) is 3.01. The third-order valence-corrected chi connectivity index (χ3v) is 4.56. The van der Waals surface area contributed by atoms with Crippen LogP contribution in [-0.4, -0.2) is 23.3 Å². The number of hydrogen-bond acceptors (Lipinski definition) is 4. The Morgan fingerprint density at radius 1 is 1.33 bits per heavy atom. The van der Waals surface area contributed by atoms with Gasteiger partial charge < -0.3 is 10.4 Å². The van der Waals surface area contributed by atoms with Gasteiger partial charge in [-0.3, -0.25) is 4.79 Å². The van der Waals surface area contributed by atoms with Gasteiger partial charge in [0.15, 0.2) is 0 Å². The third kappa shape index (κ3) is 5.49. The number of halogens is 1. The Balaban J connectivity index is 1.64. The Morgan fingerprint density at radius 3 is 2.76 bits per heavy atom. The van der Waals surface area contributed by atoms with E-state index in [4.69, 9.17) is 0 Å². The van der Waals surface area contributed by atoms with E-state index >= 15 is 0 Å². The molecule has 2 aromatic rings. The molecule has 2 N–H and O–H groups in total. The minimum Gasteiger partial charge on any atom is -0.388 e. The number of aliphatic hydroxyl groups is 1. The zero-order valence-electron chi connectivity index (χ0n) is 11.3. The normalized spacial score (nSPS) is 12.1. The van der Waals surface area contributed by atoms with Crippen molar-refractivity contribution in [2.24, 2.45) is 0 Å². The Bertz CT molecular complexity index is 558. The fourth-order valence-electron chi connectivity index (χ4n) is 1.71. The van der Waals surface area contributed by atoms with E-state index < -0.39 is 6.10 Å². The molecular formula is C15H16FNO2S2. The zero-order chi connectivity index (χ0) is 15.1.